The quantitative estimate of drug-likeness (QED) is 0.501. The maximum absolute atomic E-state index is 14.4. The normalized spacial score (nSPS) is 15.4. The summed E-state index contributed by atoms with van der Waals surface area (Å²) in [5.74, 6) is -1.02. The van der Waals surface area contributed by atoms with E-state index in [1.165, 1.54) is 16.8 Å². The van der Waals surface area contributed by atoms with Gasteiger partial charge in [0.25, 0.3) is 5.91 Å². The Morgan fingerprint density at radius 3 is 2.56 bits per heavy atom. The lowest BCUT2D eigenvalue weighted by molar-refractivity contribution is 0.0972. The highest BCUT2D eigenvalue weighted by molar-refractivity contribution is 6.05. The molecule has 0 unspecified atom stereocenters. The second-order valence-corrected chi connectivity index (χ2v) is 7.75. The topological polar surface area (TPSA) is 73.0 Å². The van der Waals surface area contributed by atoms with Crippen LogP contribution >= 0.6 is 0 Å². The molecule has 0 N–H and O–H groups in total. The fourth-order valence-corrected chi connectivity index (χ4v) is 4.13. The lowest BCUT2D eigenvalue weighted by atomic mass is 9.97. The molecule has 0 saturated heterocycles. The van der Waals surface area contributed by atoms with E-state index in [0.29, 0.717) is 18.7 Å². The first-order valence-electron chi connectivity index (χ1n) is 10.3. The van der Waals surface area contributed by atoms with Gasteiger partial charge in [-0.15, -0.1) is 0 Å². The molecule has 160 valence electrons. The first-order chi connectivity index (χ1) is 15.5. The zero-order chi connectivity index (χ0) is 22.2. The Labute approximate surface area is 183 Å². The SMILES string of the molecule is Cc1cc(=O)c(C(=O)N2C[C@@H](n3cccn3)Cc3ccccc32)nn1-c1ccccc1F. The molecule has 0 saturated carbocycles. The highest BCUT2D eigenvalue weighted by Crippen LogP contribution is 2.32. The molecule has 0 aliphatic carbocycles. The molecule has 1 amide bonds. The van der Waals surface area contributed by atoms with E-state index in [-0.39, 0.29) is 17.4 Å². The molecular weight excluding hydrogens is 409 g/mol. The largest absolute Gasteiger partial charge is 0.304 e. The van der Waals surface area contributed by atoms with E-state index in [1.807, 2.05) is 41.2 Å². The van der Waals surface area contributed by atoms with E-state index in [9.17, 15) is 14.0 Å². The lowest BCUT2D eigenvalue weighted by Crippen LogP contribution is -2.43. The predicted molar refractivity (Wildman–Crippen MR) is 118 cm³/mol. The van der Waals surface area contributed by atoms with Gasteiger partial charge < -0.3 is 4.90 Å². The number of aromatic nitrogens is 4. The number of nitrogens with zero attached hydrogens (tertiary/aromatic N) is 5. The van der Waals surface area contributed by atoms with Crippen LogP contribution in [0, 0.1) is 12.7 Å². The number of hydrogen-bond acceptors (Lipinski definition) is 4. The lowest BCUT2D eigenvalue weighted by Gasteiger charge is -2.34. The van der Waals surface area contributed by atoms with Gasteiger partial charge in [-0.2, -0.15) is 10.2 Å². The molecule has 3 heterocycles. The molecule has 4 aromatic rings. The predicted octanol–water partition coefficient (Wildman–Crippen LogP) is 3.32. The van der Waals surface area contributed by atoms with Crippen LogP contribution in [0.2, 0.25) is 0 Å². The summed E-state index contributed by atoms with van der Waals surface area (Å²) in [6.45, 7) is 1.99. The Morgan fingerprint density at radius 2 is 1.81 bits per heavy atom. The molecule has 8 heteroatoms. The third-order valence-corrected chi connectivity index (χ3v) is 5.67. The van der Waals surface area contributed by atoms with Crippen molar-refractivity contribution in [3.05, 3.63) is 106 Å². The van der Waals surface area contributed by atoms with Crippen molar-refractivity contribution in [2.45, 2.75) is 19.4 Å². The molecule has 2 aromatic heterocycles. The molecule has 0 radical (unpaired) electrons. The Bertz CT molecular complexity index is 1360. The molecule has 0 fully saturated rings. The van der Waals surface area contributed by atoms with Crippen LogP contribution in [-0.4, -0.2) is 32.0 Å². The van der Waals surface area contributed by atoms with Crippen LogP contribution in [0.5, 0.6) is 0 Å². The van der Waals surface area contributed by atoms with Gasteiger partial charge in [-0.25, -0.2) is 9.07 Å². The minimum atomic E-state index is -0.524. The van der Waals surface area contributed by atoms with Gasteiger partial charge in [0.05, 0.1) is 6.04 Å². The van der Waals surface area contributed by atoms with Gasteiger partial charge in [-0.3, -0.25) is 14.3 Å². The first-order valence-corrected chi connectivity index (χ1v) is 10.3. The number of halogens is 1. The van der Waals surface area contributed by atoms with Gasteiger partial charge in [0.2, 0.25) is 5.43 Å². The summed E-state index contributed by atoms with van der Waals surface area (Å²) in [6, 6.07) is 16.8. The van der Waals surface area contributed by atoms with Crippen molar-refractivity contribution >= 4 is 11.6 Å². The standard InChI is InChI=1S/C24H20FN5O2/c1-16-13-22(31)23(27-30(16)21-10-5-3-8-19(21)25)24(32)28-15-18(29-12-6-11-26-29)14-17-7-2-4-9-20(17)28/h2-13,18H,14-15H2,1H3/t18-/m0/s1. The number of para-hydroxylation sites is 2. The van der Waals surface area contributed by atoms with E-state index in [4.69, 9.17) is 0 Å². The van der Waals surface area contributed by atoms with Crippen LogP contribution in [0.3, 0.4) is 0 Å². The van der Waals surface area contributed by atoms with Crippen molar-refractivity contribution in [2.75, 3.05) is 11.4 Å². The smallest absolute Gasteiger partial charge is 0.282 e. The van der Waals surface area contributed by atoms with Gasteiger partial charge in [0, 0.05) is 36.4 Å². The molecule has 1 aliphatic rings. The number of anilines is 1. The summed E-state index contributed by atoms with van der Waals surface area (Å²) >= 11 is 0. The van der Waals surface area contributed by atoms with Crippen molar-refractivity contribution in [3.8, 4) is 5.69 Å². The number of fused-ring (bicyclic) bond motifs is 1. The Hall–Kier alpha value is -4.07. The van der Waals surface area contributed by atoms with E-state index in [0.717, 1.165) is 11.3 Å². The summed E-state index contributed by atoms with van der Waals surface area (Å²) in [4.78, 5) is 28.0. The number of rotatable bonds is 3. The Morgan fingerprint density at radius 1 is 1.06 bits per heavy atom. The molecule has 1 aliphatic heterocycles. The molecular formula is C24H20FN5O2. The highest BCUT2D eigenvalue weighted by Gasteiger charge is 2.32. The van der Waals surface area contributed by atoms with E-state index < -0.39 is 17.2 Å². The van der Waals surface area contributed by atoms with Crippen LogP contribution in [-0.2, 0) is 6.42 Å². The van der Waals surface area contributed by atoms with Gasteiger partial charge in [-0.05, 0) is 43.2 Å². The highest BCUT2D eigenvalue weighted by atomic mass is 19.1. The van der Waals surface area contributed by atoms with Gasteiger partial charge in [0.1, 0.15) is 11.5 Å². The van der Waals surface area contributed by atoms with Crippen LogP contribution in [0.1, 0.15) is 27.8 Å². The maximum atomic E-state index is 14.4. The van der Waals surface area contributed by atoms with Crippen molar-refractivity contribution in [1.29, 1.82) is 0 Å². The van der Waals surface area contributed by atoms with Gasteiger partial charge >= 0.3 is 0 Å². The number of benzene rings is 2. The summed E-state index contributed by atoms with van der Waals surface area (Å²) < 4.78 is 17.5. The van der Waals surface area contributed by atoms with Crippen molar-refractivity contribution in [2.24, 2.45) is 0 Å². The van der Waals surface area contributed by atoms with E-state index >= 15 is 0 Å². The molecule has 1 atom stereocenters. The first kappa shape index (κ1) is 19.9. The van der Waals surface area contributed by atoms with Crippen molar-refractivity contribution in [1.82, 2.24) is 19.6 Å². The number of hydrogen-bond donors (Lipinski definition) is 0. The summed E-state index contributed by atoms with van der Waals surface area (Å²) in [7, 11) is 0. The zero-order valence-electron chi connectivity index (χ0n) is 17.4. The average molecular weight is 429 g/mol. The van der Waals surface area contributed by atoms with Gasteiger partial charge in [-0.1, -0.05) is 30.3 Å². The minimum Gasteiger partial charge on any atom is -0.304 e. The van der Waals surface area contributed by atoms with Crippen LogP contribution in [0.4, 0.5) is 10.1 Å². The summed E-state index contributed by atoms with van der Waals surface area (Å²) in [5.41, 5.74) is 1.57. The van der Waals surface area contributed by atoms with E-state index in [1.54, 1.807) is 36.2 Å². The second-order valence-electron chi connectivity index (χ2n) is 7.75. The van der Waals surface area contributed by atoms with Crippen molar-refractivity contribution < 1.29 is 9.18 Å². The maximum Gasteiger partial charge on any atom is 0.282 e. The number of carbonyl (C=O) groups is 1. The van der Waals surface area contributed by atoms with Crippen LogP contribution in [0.15, 0.2) is 77.9 Å². The number of aryl methyl sites for hydroxylation is 1. The third kappa shape index (κ3) is 3.39. The second kappa shape index (κ2) is 7.88. The van der Waals surface area contributed by atoms with Crippen LogP contribution in [0.25, 0.3) is 5.69 Å². The third-order valence-electron chi connectivity index (χ3n) is 5.67. The fourth-order valence-electron chi connectivity index (χ4n) is 4.13. The molecule has 5 rings (SSSR count). The summed E-state index contributed by atoms with van der Waals surface area (Å²) in [6.07, 6.45) is 4.26. The Balaban J connectivity index is 1.60. The molecule has 0 spiro atoms. The monoisotopic (exact) mass is 429 g/mol. The number of amides is 1. The molecule has 2 aromatic carbocycles. The molecule has 0 bridgehead atoms. The summed E-state index contributed by atoms with van der Waals surface area (Å²) in [5, 5.41) is 8.62. The van der Waals surface area contributed by atoms with E-state index in [2.05, 4.69) is 10.2 Å². The number of carbonyl (C=O) groups excluding carboxylic acids is 1. The molecule has 32 heavy (non-hydrogen) atoms. The zero-order valence-corrected chi connectivity index (χ0v) is 17.4. The van der Waals surface area contributed by atoms with Crippen LogP contribution < -0.4 is 10.3 Å². The van der Waals surface area contributed by atoms with Gasteiger partial charge in [0.15, 0.2) is 5.69 Å². The molecule has 7 nitrogen and oxygen atoms in total. The minimum absolute atomic E-state index is 0.0805. The van der Waals surface area contributed by atoms with Crippen molar-refractivity contribution in [3.63, 3.8) is 0 Å². The fraction of sp³-hybridized carbons (Fsp3) is 0.167. The Kier molecular flexibility index (Phi) is 4.89. The average Bonchev–Trinajstić information content (AvgIpc) is 3.34.